The highest BCUT2D eigenvalue weighted by Crippen LogP contribution is 2.16. The molecule has 0 aliphatic rings. The van der Waals surface area contributed by atoms with Gasteiger partial charge < -0.3 is 9.47 Å². The van der Waals surface area contributed by atoms with Crippen molar-refractivity contribution in [3.63, 3.8) is 0 Å². The van der Waals surface area contributed by atoms with E-state index in [9.17, 15) is 0 Å². The van der Waals surface area contributed by atoms with Gasteiger partial charge in [0, 0.05) is 42.9 Å². The Hall–Kier alpha value is -1.36. The zero-order valence-electron chi connectivity index (χ0n) is 9.26. The molecule has 2 aromatic heterocycles. The zero-order chi connectivity index (χ0) is 11.5. The molecule has 16 heavy (non-hydrogen) atoms. The van der Waals surface area contributed by atoms with Crippen LogP contribution in [0.15, 0.2) is 35.2 Å². The van der Waals surface area contributed by atoms with Crippen LogP contribution in [0.1, 0.15) is 5.69 Å². The van der Waals surface area contributed by atoms with Crippen molar-refractivity contribution in [1.82, 2.24) is 14.5 Å². The minimum Gasteiger partial charge on any atom is -0.352 e. The number of aromatic nitrogens is 3. The van der Waals surface area contributed by atoms with E-state index in [1.165, 1.54) is 5.69 Å². The van der Waals surface area contributed by atoms with Gasteiger partial charge in [-0.25, -0.2) is 9.97 Å². The van der Waals surface area contributed by atoms with Gasteiger partial charge in [0.15, 0.2) is 0 Å². The summed E-state index contributed by atoms with van der Waals surface area (Å²) in [5, 5.41) is 0. The van der Waals surface area contributed by atoms with Crippen LogP contribution in [0.4, 0.5) is 5.95 Å². The van der Waals surface area contributed by atoms with Crippen LogP contribution in [0.25, 0.3) is 0 Å². The fraction of sp³-hybridized carbons (Fsp3) is 0.273. The first kappa shape index (κ1) is 11.1. The van der Waals surface area contributed by atoms with E-state index in [-0.39, 0.29) is 0 Å². The van der Waals surface area contributed by atoms with Gasteiger partial charge in [-0.3, -0.25) is 0 Å². The molecule has 0 bridgehead atoms. The second-order valence-electron chi connectivity index (χ2n) is 3.67. The standard InChI is InChI=1S/C11H13BrN4/c1-15-7-9(12)6-10(15)8-16(2)11-13-4-3-5-14-11/h3-7H,8H2,1-2H3. The summed E-state index contributed by atoms with van der Waals surface area (Å²) in [7, 11) is 4.01. The van der Waals surface area contributed by atoms with E-state index in [0.29, 0.717) is 0 Å². The molecule has 4 nitrogen and oxygen atoms in total. The summed E-state index contributed by atoms with van der Waals surface area (Å²) >= 11 is 3.46. The molecule has 0 fully saturated rings. The molecule has 0 atom stereocenters. The lowest BCUT2D eigenvalue weighted by atomic mass is 10.4. The first-order chi connectivity index (χ1) is 7.66. The predicted molar refractivity (Wildman–Crippen MR) is 67.3 cm³/mol. The average Bonchev–Trinajstić information content (AvgIpc) is 2.59. The second-order valence-corrected chi connectivity index (χ2v) is 4.58. The van der Waals surface area contributed by atoms with E-state index >= 15 is 0 Å². The second kappa shape index (κ2) is 4.65. The van der Waals surface area contributed by atoms with E-state index < -0.39 is 0 Å². The molecule has 0 saturated carbocycles. The molecule has 0 aliphatic carbocycles. The van der Waals surface area contributed by atoms with Crippen molar-refractivity contribution in [3.8, 4) is 0 Å². The van der Waals surface area contributed by atoms with Gasteiger partial charge in [0.2, 0.25) is 5.95 Å². The molecule has 0 aliphatic heterocycles. The van der Waals surface area contributed by atoms with Gasteiger partial charge in [-0.1, -0.05) is 0 Å². The van der Waals surface area contributed by atoms with Gasteiger partial charge in [-0.15, -0.1) is 0 Å². The van der Waals surface area contributed by atoms with Crippen LogP contribution in [-0.4, -0.2) is 21.6 Å². The third kappa shape index (κ3) is 2.41. The highest BCUT2D eigenvalue weighted by atomic mass is 79.9. The van der Waals surface area contributed by atoms with Gasteiger partial charge in [0.1, 0.15) is 0 Å². The average molecular weight is 281 g/mol. The highest BCUT2D eigenvalue weighted by Gasteiger charge is 2.07. The maximum atomic E-state index is 4.21. The molecule has 2 heterocycles. The molecule has 2 aromatic rings. The van der Waals surface area contributed by atoms with Crippen LogP contribution >= 0.6 is 15.9 Å². The number of nitrogens with zero attached hydrogens (tertiary/aromatic N) is 4. The Labute approximate surface area is 103 Å². The maximum absolute atomic E-state index is 4.21. The molecule has 2 rings (SSSR count). The van der Waals surface area contributed by atoms with Crippen LogP contribution in [-0.2, 0) is 13.6 Å². The summed E-state index contributed by atoms with van der Waals surface area (Å²) in [4.78, 5) is 10.4. The lowest BCUT2D eigenvalue weighted by Gasteiger charge is -2.16. The van der Waals surface area contributed by atoms with E-state index in [1.54, 1.807) is 12.4 Å². The maximum Gasteiger partial charge on any atom is 0.225 e. The molecule has 5 heteroatoms. The fourth-order valence-corrected chi connectivity index (χ4v) is 2.10. The van der Waals surface area contributed by atoms with Gasteiger partial charge in [-0.05, 0) is 28.1 Å². The van der Waals surface area contributed by atoms with Gasteiger partial charge in [-0.2, -0.15) is 0 Å². The number of rotatable bonds is 3. The first-order valence-corrected chi connectivity index (χ1v) is 5.75. The summed E-state index contributed by atoms with van der Waals surface area (Å²) in [6.07, 6.45) is 5.54. The van der Waals surface area contributed by atoms with Crippen molar-refractivity contribution < 1.29 is 0 Å². The number of aryl methyl sites for hydroxylation is 1. The summed E-state index contributed by atoms with van der Waals surface area (Å²) in [6.45, 7) is 0.784. The Balaban J connectivity index is 2.14. The highest BCUT2D eigenvalue weighted by molar-refractivity contribution is 9.10. The molecule has 0 spiro atoms. The third-order valence-corrected chi connectivity index (χ3v) is 2.80. The number of anilines is 1. The third-order valence-electron chi connectivity index (χ3n) is 2.37. The predicted octanol–water partition coefficient (Wildman–Crippen LogP) is 2.21. The SMILES string of the molecule is CN(Cc1cc(Br)cn1C)c1ncccn1. The molecule has 84 valence electrons. The van der Waals surface area contributed by atoms with Gasteiger partial charge in [0.05, 0.1) is 6.54 Å². The van der Waals surface area contributed by atoms with E-state index in [1.807, 2.05) is 31.3 Å². The lowest BCUT2D eigenvalue weighted by molar-refractivity contribution is 0.772. The Morgan fingerprint density at radius 1 is 1.38 bits per heavy atom. The molecule has 0 saturated heterocycles. The number of hydrogen-bond acceptors (Lipinski definition) is 3. The Morgan fingerprint density at radius 2 is 2.06 bits per heavy atom. The summed E-state index contributed by atoms with van der Waals surface area (Å²) in [6, 6.07) is 3.91. The van der Waals surface area contributed by atoms with Crippen molar-refractivity contribution in [1.29, 1.82) is 0 Å². The molecule has 0 amide bonds. The normalized spacial score (nSPS) is 10.4. The van der Waals surface area contributed by atoms with E-state index in [0.717, 1.165) is 17.0 Å². The Kier molecular flexibility index (Phi) is 3.24. The summed E-state index contributed by atoms with van der Waals surface area (Å²) in [5.41, 5.74) is 1.21. The van der Waals surface area contributed by atoms with Crippen molar-refractivity contribution in [2.45, 2.75) is 6.54 Å². The van der Waals surface area contributed by atoms with Crippen molar-refractivity contribution in [3.05, 3.63) is 40.9 Å². The molecule has 0 N–H and O–H groups in total. The molecule has 0 aromatic carbocycles. The molecular formula is C11H13BrN4. The lowest BCUT2D eigenvalue weighted by Crippen LogP contribution is -2.20. The van der Waals surface area contributed by atoms with Crippen molar-refractivity contribution in [2.24, 2.45) is 7.05 Å². The first-order valence-electron chi connectivity index (χ1n) is 4.95. The molecule has 0 unspecified atom stereocenters. The monoisotopic (exact) mass is 280 g/mol. The quantitative estimate of drug-likeness (QED) is 0.865. The largest absolute Gasteiger partial charge is 0.352 e. The summed E-state index contributed by atoms with van der Waals surface area (Å²) in [5.74, 6) is 0.736. The smallest absolute Gasteiger partial charge is 0.225 e. The van der Waals surface area contributed by atoms with E-state index in [2.05, 4.69) is 36.5 Å². The van der Waals surface area contributed by atoms with Crippen LogP contribution in [0.5, 0.6) is 0 Å². The minimum atomic E-state index is 0.736. The Bertz CT molecular complexity index is 466. The summed E-state index contributed by atoms with van der Waals surface area (Å²) < 4.78 is 3.18. The van der Waals surface area contributed by atoms with E-state index in [4.69, 9.17) is 0 Å². The van der Waals surface area contributed by atoms with Crippen LogP contribution in [0.2, 0.25) is 0 Å². The van der Waals surface area contributed by atoms with Crippen molar-refractivity contribution >= 4 is 21.9 Å². The molecular weight excluding hydrogens is 268 g/mol. The zero-order valence-corrected chi connectivity index (χ0v) is 10.8. The van der Waals surface area contributed by atoms with Crippen LogP contribution in [0, 0.1) is 0 Å². The van der Waals surface area contributed by atoms with Crippen LogP contribution in [0.3, 0.4) is 0 Å². The van der Waals surface area contributed by atoms with Crippen molar-refractivity contribution in [2.75, 3.05) is 11.9 Å². The minimum absolute atomic E-state index is 0.736. The van der Waals surface area contributed by atoms with Crippen LogP contribution < -0.4 is 4.90 Å². The Morgan fingerprint density at radius 3 is 2.62 bits per heavy atom. The number of halogens is 1. The fourth-order valence-electron chi connectivity index (χ4n) is 1.53. The number of hydrogen-bond donors (Lipinski definition) is 0. The molecule has 0 radical (unpaired) electrons. The van der Waals surface area contributed by atoms with Gasteiger partial charge in [0.25, 0.3) is 0 Å². The van der Waals surface area contributed by atoms with Gasteiger partial charge >= 0.3 is 0 Å². The topological polar surface area (TPSA) is 34.0 Å².